The summed E-state index contributed by atoms with van der Waals surface area (Å²) in [5, 5.41) is 0. The molecule has 0 saturated heterocycles. The Kier molecular flexibility index (Phi) is 9.03. The molecule has 0 radical (unpaired) electrons. The van der Waals surface area contributed by atoms with Crippen LogP contribution in [0.3, 0.4) is 0 Å². The molecule has 8 rings (SSSR count). The van der Waals surface area contributed by atoms with Gasteiger partial charge in [0.25, 0.3) is 0 Å². The van der Waals surface area contributed by atoms with Crippen molar-refractivity contribution in [1.82, 2.24) is 0 Å². The standard InChI is InChI=1S/C49H50N2/c1-5-7-28-50(29-8-6-2)47-26-22-37(30-35(47)3)38-23-27-48(36(4)31-38)51(41-18-10-9-11-19-41)42-24-25-44-43-20-14-15-21-45(43)49(46(44)32-42)33-39-16-12-13-17-40(39)34-49/h9-27,30-32H,5-8,28-29,33-34H2,1-4H3. The summed E-state index contributed by atoms with van der Waals surface area (Å²) >= 11 is 0. The molecule has 0 aliphatic heterocycles. The van der Waals surface area contributed by atoms with E-state index in [0.29, 0.717) is 0 Å². The van der Waals surface area contributed by atoms with Crippen LogP contribution in [0.5, 0.6) is 0 Å². The smallest absolute Gasteiger partial charge is 0.0491 e. The van der Waals surface area contributed by atoms with Crippen LogP contribution in [0.2, 0.25) is 0 Å². The molecular weight excluding hydrogens is 617 g/mol. The van der Waals surface area contributed by atoms with Crippen LogP contribution in [0.4, 0.5) is 22.7 Å². The van der Waals surface area contributed by atoms with Gasteiger partial charge in [0.05, 0.1) is 0 Å². The quantitative estimate of drug-likeness (QED) is 0.136. The molecule has 0 N–H and O–H groups in total. The molecule has 2 nitrogen and oxygen atoms in total. The maximum absolute atomic E-state index is 2.60. The number of rotatable bonds is 11. The summed E-state index contributed by atoms with van der Waals surface area (Å²) in [6, 6.07) is 50.4. The van der Waals surface area contributed by atoms with Gasteiger partial charge in [-0.3, -0.25) is 0 Å². The van der Waals surface area contributed by atoms with E-state index >= 15 is 0 Å². The van der Waals surface area contributed by atoms with Crippen molar-refractivity contribution in [2.75, 3.05) is 22.9 Å². The third kappa shape index (κ3) is 5.95. The lowest BCUT2D eigenvalue weighted by Crippen LogP contribution is -2.26. The Bertz CT molecular complexity index is 2140. The second-order valence-corrected chi connectivity index (χ2v) is 14.8. The molecular formula is C49H50N2. The van der Waals surface area contributed by atoms with Crippen LogP contribution in [0.25, 0.3) is 22.3 Å². The first-order chi connectivity index (χ1) is 25.0. The van der Waals surface area contributed by atoms with E-state index in [4.69, 9.17) is 0 Å². The van der Waals surface area contributed by atoms with Gasteiger partial charge in [0.15, 0.2) is 0 Å². The predicted octanol–water partition coefficient (Wildman–Crippen LogP) is 12.9. The second kappa shape index (κ2) is 13.9. The van der Waals surface area contributed by atoms with Crippen molar-refractivity contribution in [2.45, 2.75) is 71.6 Å². The molecule has 1 spiro atoms. The lowest BCUT2D eigenvalue weighted by atomic mass is 9.75. The van der Waals surface area contributed by atoms with Crippen molar-refractivity contribution in [2.24, 2.45) is 0 Å². The maximum atomic E-state index is 2.60. The molecule has 0 fully saturated rings. The Hall–Kier alpha value is -5.08. The lowest BCUT2D eigenvalue weighted by molar-refractivity contribution is 0.563. The predicted molar refractivity (Wildman–Crippen MR) is 218 cm³/mol. The Balaban J connectivity index is 1.18. The molecule has 0 bridgehead atoms. The number of hydrogen-bond acceptors (Lipinski definition) is 2. The molecule has 0 saturated carbocycles. The minimum atomic E-state index is -0.0421. The van der Waals surface area contributed by atoms with Crippen LogP contribution in [-0.2, 0) is 18.3 Å². The monoisotopic (exact) mass is 666 g/mol. The Morgan fingerprint density at radius 3 is 1.71 bits per heavy atom. The van der Waals surface area contributed by atoms with Crippen molar-refractivity contribution in [3.8, 4) is 22.3 Å². The van der Waals surface area contributed by atoms with Crippen LogP contribution in [0.1, 0.15) is 72.9 Å². The maximum Gasteiger partial charge on any atom is 0.0491 e. The van der Waals surface area contributed by atoms with E-state index in [2.05, 4.69) is 171 Å². The fraction of sp³-hybridized carbons (Fsp3) is 0.265. The molecule has 51 heavy (non-hydrogen) atoms. The SMILES string of the molecule is CCCCN(CCCC)c1ccc(-c2ccc(N(c3ccccc3)c3ccc4c(c3)C3(Cc5ccccc5C3)c3ccccc3-4)c(C)c2)cc1C. The van der Waals surface area contributed by atoms with Gasteiger partial charge in [-0.2, -0.15) is 0 Å². The van der Waals surface area contributed by atoms with Gasteiger partial charge in [0.2, 0.25) is 0 Å². The van der Waals surface area contributed by atoms with Crippen LogP contribution < -0.4 is 9.80 Å². The van der Waals surface area contributed by atoms with Gasteiger partial charge in [0.1, 0.15) is 0 Å². The Labute approximate surface area is 305 Å². The third-order valence-electron chi connectivity index (χ3n) is 11.5. The van der Waals surface area contributed by atoms with Crippen molar-refractivity contribution in [1.29, 1.82) is 0 Å². The molecule has 0 atom stereocenters. The normalized spacial score (nSPS) is 13.6. The second-order valence-electron chi connectivity index (χ2n) is 14.8. The number of benzene rings is 6. The van der Waals surface area contributed by atoms with Crippen molar-refractivity contribution in [3.05, 3.63) is 167 Å². The van der Waals surface area contributed by atoms with Gasteiger partial charge >= 0.3 is 0 Å². The van der Waals surface area contributed by atoms with Crippen molar-refractivity contribution >= 4 is 22.7 Å². The number of nitrogens with zero attached hydrogens (tertiary/aromatic N) is 2. The molecule has 2 heteroatoms. The van der Waals surface area contributed by atoms with Crippen LogP contribution in [-0.4, -0.2) is 13.1 Å². The highest BCUT2D eigenvalue weighted by atomic mass is 15.1. The van der Waals surface area contributed by atoms with Gasteiger partial charge in [-0.1, -0.05) is 112 Å². The van der Waals surface area contributed by atoms with E-state index < -0.39 is 0 Å². The summed E-state index contributed by atoms with van der Waals surface area (Å²) in [7, 11) is 0. The summed E-state index contributed by atoms with van der Waals surface area (Å²) in [5.74, 6) is 0. The van der Waals surface area contributed by atoms with E-state index in [-0.39, 0.29) is 5.41 Å². The van der Waals surface area contributed by atoms with Gasteiger partial charge in [-0.25, -0.2) is 0 Å². The zero-order chi connectivity index (χ0) is 35.0. The lowest BCUT2D eigenvalue weighted by Gasteiger charge is -2.31. The average molecular weight is 667 g/mol. The van der Waals surface area contributed by atoms with Crippen molar-refractivity contribution < 1.29 is 0 Å². The highest BCUT2D eigenvalue weighted by Gasteiger charge is 2.47. The van der Waals surface area contributed by atoms with E-state index in [9.17, 15) is 0 Å². The molecule has 0 amide bonds. The van der Waals surface area contributed by atoms with Gasteiger partial charge in [-0.15, -0.1) is 0 Å². The van der Waals surface area contributed by atoms with Crippen LogP contribution >= 0.6 is 0 Å². The molecule has 2 aliphatic carbocycles. The summed E-state index contributed by atoms with van der Waals surface area (Å²) in [4.78, 5) is 5.06. The van der Waals surface area contributed by atoms with Crippen LogP contribution in [0.15, 0.2) is 133 Å². The molecule has 0 heterocycles. The Morgan fingerprint density at radius 2 is 1.08 bits per heavy atom. The van der Waals surface area contributed by atoms with E-state index in [1.165, 1.54) is 104 Å². The number of aryl methyl sites for hydroxylation is 2. The number of unbranched alkanes of at least 4 members (excludes halogenated alkanes) is 2. The highest BCUT2D eigenvalue weighted by molar-refractivity contribution is 5.87. The van der Waals surface area contributed by atoms with E-state index in [0.717, 1.165) is 25.9 Å². The fourth-order valence-corrected chi connectivity index (χ4v) is 8.91. The average Bonchev–Trinajstić information content (AvgIpc) is 3.68. The molecule has 0 aromatic heterocycles. The van der Waals surface area contributed by atoms with Gasteiger partial charge in [0, 0.05) is 41.3 Å². The fourth-order valence-electron chi connectivity index (χ4n) is 8.91. The van der Waals surface area contributed by atoms with E-state index in [1.54, 1.807) is 0 Å². The van der Waals surface area contributed by atoms with Crippen molar-refractivity contribution in [3.63, 3.8) is 0 Å². The summed E-state index contributed by atoms with van der Waals surface area (Å²) in [5.41, 5.74) is 18.7. The molecule has 6 aromatic carbocycles. The van der Waals surface area contributed by atoms with Crippen LogP contribution in [0, 0.1) is 13.8 Å². The summed E-state index contributed by atoms with van der Waals surface area (Å²) < 4.78 is 0. The molecule has 256 valence electrons. The summed E-state index contributed by atoms with van der Waals surface area (Å²) in [6.45, 7) is 11.4. The minimum absolute atomic E-state index is 0.0421. The van der Waals surface area contributed by atoms with Gasteiger partial charge in [-0.05, 0) is 144 Å². The Morgan fingerprint density at radius 1 is 0.510 bits per heavy atom. The number of anilines is 4. The zero-order valence-corrected chi connectivity index (χ0v) is 30.8. The molecule has 6 aromatic rings. The number of para-hydroxylation sites is 1. The first-order valence-corrected chi connectivity index (χ1v) is 19.1. The number of fused-ring (bicyclic) bond motifs is 6. The van der Waals surface area contributed by atoms with Gasteiger partial charge < -0.3 is 9.80 Å². The van der Waals surface area contributed by atoms with E-state index in [1.807, 2.05) is 0 Å². The first kappa shape index (κ1) is 33.1. The summed E-state index contributed by atoms with van der Waals surface area (Å²) in [6.07, 6.45) is 7.00. The first-order valence-electron chi connectivity index (χ1n) is 19.1. The molecule has 0 unspecified atom stereocenters. The molecule has 2 aliphatic rings. The minimum Gasteiger partial charge on any atom is -0.371 e. The largest absolute Gasteiger partial charge is 0.371 e. The number of hydrogen-bond donors (Lipinski definition) is 0. The highest BCUT2D eigenvalue weighted by Crippen LogP contribution is 2.56. The zero-order valence-electron chi connectivity index (χ0n) is 30.8. The third-order valence-corrected chi connectivity index (χ3v) is 11.5. The topological polar surface area (TPSA) is 6.48 Å².